The second-order valence-corrected chi connectivity index (χ2v) is 5.11. The van der Waals surface area contributed by atoms with Gasteiger partial charge >= 0.3 is 0 Å². The number of hydrogen-bond acceptors (Lipinski definition) is 4. The average Bonchev–Trinajstić information content (AvgIpc) is 2.53. The maximum absolute atomic E-state index is 11.4. The van der Waals surface area contributed by atoms with Gasteiger partial charge in [-0.2, -0.15) is 0 Å². The summed E-state index contributed by atoms with van der Waals surface area (Å²) in [6.45, 7) is 0. The lowest BCUT2D eigenvalue weighted by Gasteiger charge is -2.30. The highest BCUT2D eigenvalue weighted by atomic mass is 16.6. The fourth-order valence-electron chi connectivity index (χ4n) is 2.76. The van der Waals surface area contributed by atoms with E-state index >= 15 is 0 Å². The first-order valence-corrected chi connectivity index (χ1v) is 6.81. The fraction of sp³-hybridized carbons (Fsp3) is 0.250. The number of para-hydroxylation sites is 1. The largest absolute Gasteiger partial charge is 0.497 e. The Labute approximate surface area is 122 Å². The number of nitro groups is 1. The van der Waals surface area contributed by atoms with Crippen LogP contribution in [-0.4, -0.2) is 18.1 Å². The monoisotopic (exact) mass is 284 g/mol. The Hall–Kier alpha value is -2.56. The molecule has 0 bridgehead atoms. The number of methoxy groups -OCH3 is 1. The van der Waals surface area contributed by atoms with E-state index in [1.54, 1.807) is 7.11 Å². The molecule has 108 valence electrons. The second kappa shape index (κ2) is 5.44. The molecule has 0 saturated carbocycles. The molecule has 5 heteroatoms. The minimum atomic E-state index is -0.673. The van der Waals surface area contributed by atoms with Crippen LogP contribution in [0, 0.1) is 10.1 Å². The Kier molecular flexibility index (Phi) is 3.48. The van der Waals surface area contributed by atoms with Crippen LogP contribution in [0.3, 0.4) is 0 Å². The number of nitrogens with one attached hydrogen (secondary N) is 1. The summed E-state index contributed by atoms with van der Waals surface area (Å²) in [6, 6.07) is 14.1. The molecule has 0 spiro atoms. The van der Waals surface area contributed by atoms with E-state index in [0.717, 1.165) is 22.6 Å². The average molecular weight is 284 g/mol. The van der Waals surface area contributed by atoms with E-state index in [9.17, 15) is 10.1 Å². The summed E-state index contributed by atoms with van der Waals surface area (Å²) in [5, 5.41) is 14.7. The first-order chi connectivity index (χ1) is 10.2. The van der Waals surface area contributed by atoms with Gasteiger partial charge in [-0.3, -0.25) is 10.1 Å². The molecule has 0 radical (unpaired) electrons. The number of hydrogen-bond donors (Lipinski definition) is 1. The van der Waals surface area contributed by atoms with Crippen molar-refractivity contribution in [2.24, 2.45) is 0 Å². The van der Waals surface area contributed by atoms with E-state index < -0.39 is 6.04 Å². The summed E-state index contributed by atoms with van der Waals surface area (Å²) < 4.78 is 5.13. The first-order valence-electron chi connectivity index (χ1n) is 6.81. The Balaban J connectivity index is 1.96. The lowest BCUT2D eigenvalue weighted by Crippen LogP contribution is -2.38. The van der Waals surface area contributed by atoms with E-state index in [1.807, 2.05) is 48.5 Å². The van der Waals surface area contributed by atoms with Gasteiger partial charge < -0.3 is 10.1 Å². The molecule has 1 heterocycles. The van der Waals surface area contributed by atoms with Gasteiger partial charge in [-0.15, -0.1) is 0 Å². The van der Waals surface area contributed by atoms with Crippen LogP contribution in [0.25, 0.3) is 0 Å². The van der Waals surface area contributed by atoms with Crippen LogP contribution < -0.4 is 10.1 Å². The van der Waals surface area contributed by atoms with E-state index in [1.165, 1.54) is 0 Å². The van der Waals surface area contributed by atoms with E-state index in [2.05, 4.69) is 5.32 Å². The van der Waals surface area contributed by atoms with Crippen LogP contribution in [0.1, 0.15) is 17.2 Å². The first kappa shape index (κ1) is 13.4. The zero-order valence-electron chi connectivity index (χ0n) is 11.7. The highest BCUT2D eigenvalue weighted by Crippen LogP contribution is 2.34. The van der Waals surface area contributed by atoms with Crippen LogP contribution >= 0.6 is 0 Å². The smallest absolute Gasteiger partial charge is 0.241 e. The predicted octanol–water partition coefficient (Wildman–Crippen LogP) is 3.05. The van der Waals surface area contributed by atoms with Crippen molar-refractivity contribution in [3.05, 3.63) is 69.8 Å². The fourth-order valence-corrected chi connectivity index (χ4v) is 2.76. The lowest BCUT2D eigenvalue weighted by atomic mass is 9.89. The third kappa shape index (κ3) is 2.54. The molecule has 1 aliphatic rings. The normalized spacial score (nSPS) is 20.2. The minimum Gasteiger partial charge on any atom is -0.497 e. The van der Waals surface area contributed by atoms with Crippen molar-refractivity contribution in [3.8, 4) is 5.75 Å². The van der Waals surface area contributed by atoms with Gasteiger partial charge in [-0.25, -0.2) is 0 Å². The molecule has 0 unspecified atom stereocenters. The summed E-state index contributed by atoms with van der Waals surface area (Å²) in [6.07, 6.45) is 0.437. The summed E-state index contributed by atoms with van der Waals surface area (Å²) in [5.74, 6) is 0.743. The third-order valence-corrected chi connectivity index (χ3v) is 3.89. The zero-order chi connectivity index (χ0) is 14.8. The summed E-state index contributed by atoms with van der Waals surface area (Å²) in [4.78, 5) is 11.2. The molecule has 1 aliphatic heterocycles. The van der Waals surface area contributed by atoms with Crippen molar-refractivity contribution in [2.45, 2.75) is 18.5 Å². The van der Waals surface area contributed by atoms with Gasteiger partial charge in [0.15, 0.2) is 0 Å². The SMILES string of the molecule is COc1ccc([C@H]2Nc3ccccc3C[C@@H]2[N+](=O)[O-])cc1. The number of ether oxygens (including phenoxy) is 1. The number of rotatable bonds is 3. The van der Waals surface area contributed by atoms with Crippen LogP contribution in [0.15, 0.2) is 48.5 Å². The van der Waals surface area contributed by atoms with Gasteiger partial charge in [-0.05, 0) is 29.3 Å². The third-order valence-electron chi connectivity index (χ3n) is 3.89. The van der Waals surface area contributed by atoms with Gasteiger partial charge in [0, 0.05) is 17.0 Å². The molecule has 2 atom stereocenters. The minimum absolute atomic E-state index is 0.197. The maximum Gasteiger partial charge on any atom is 0.241 e. The molecule has 2 aromatic carbocycles. The molecule has 0 aromatic heterocycles. The quantitative estimate of drug-likeness (QED) is 0.695. The molecule has 21 heavy (non-hydrogen) atoms. The number of anilines is 1. The highest BCUT2D eigenvalue weighted by molar-refractivity contribution is 5.56. The molecular weight excluding hydrogens is 268 g/mol. The van der Waals surface area contributed by atoms with Crippen LogP contribution in [0.4, 0.5) is 5.69 Å². The Morgan fingerprint density at radius 1 is 1.19 bits per heavy atom. The Morgan fingerprint density at radius 3 is 2.57 bits per heavy atom. The molecule has 3 rings (SSSR count). The van der Waals surface area contributed by atoms with Gasteiger partial charge in [0.2, 0.25) is 6.04 Å². The van der Waals surface area contributed by atoms with Crippen molar-refractivity contribution in [1.82, 2.24) is 0 Å². The van der Waals surface area contributed by atoms with Crippen molar-refractivity contribution >= 4 is 5.69 Å². The summed E-state index contributed by atoms with van der Waals surface area (Å²) in [5.41, 5.74) is 2.85. The van der Waals surface area contributed by atoms with E-state index in [-0.39, 0.29) is 11.0 Å². The number of benzene rings is 2. The molecular formula is C16H16N2O3. The van der Waals surface area contributed by atoms with Crippen molar-refractivity contribution in [2.75, 3.05) is 12.4 Å². The van der Waals surface area contributed by atoms with Crippen LogP contribution in [0.2, 0.25) is 0 Å². The van der Waals surface area contributed by atoms with Crippen molar-refractivity contribution in [1.29, 1.82) is 0 Å². The molecule has 5 nitrogen and oxygen atoms in total. The molecule has 1 N–H and O–H groups in total. The number of fused-ring (bicyclic) bond motifs is 1. The standard InChI is InChI=1S/C16H16N2O3/c1-21-13-8-6-11(7-9-13)16-15(18(19)20)10-12-4-2-3-5-14(12)17-16/h2-9,15-17H,10H2,1H3/t15-,16+/m0/s1. The van der Waals surface area contributed by atoms with E-state index in [4.69, 9.17) is 4.74 Å². The Morgan fingerprint density at radius 2 is 1.90 bits per heavy atom. The van der Waals surface area contributed by atoms with Crippen molar-refractivity contribution < 1.29 is 9.66 Å². The summed E-state index contributed by atoms with van der Waals surface area (Å²) in [7, 11) is 1.60. The molecule has 0 amide bonds. The maximum atomic E-state index is 11.4. The van der Waals surface area contributed by atoms with Gasteiger partial charge in [0.25, 0.3) is 0 Å². The van der Waals surface area contributed by atoms with Crippen LogP contribution in [0.5, 0.6) is 5.75 Å². The number of nitrogens with zero attached hydrogens (tertiary/aromatic N) is 1. The Bertz CT molecular complexity index is 655. The summed E-state index contributed by atoms with van der Waals surface area (Å²) >= 11 is 0. The predicted molar refractivity (Wildman–Crippen MR) is 80.3 cm³/mol. The van der Waals surface area contributed by atoms with Crippen LogP contribution in [-0.2, 0) is 6.42 Å². The van der Waals surface area contributed by atoms with Gasteiger partial charge in [0.05, 0.1) is 7.11 Å². The van der Waals surface area contributed by atoms with Gasteiger partial charge in [-0.1, -0.05) is 30.3 Å². The van der Waals surface area contributed by atoms with E-state index in [0.29, 0.717) is 6.42 Å². The molecule has 0 aliphatic carbocycles. The topological polar surface area (TPSA) is 64.4 Å². The van der Waals surface area contributed by atoms with Gasteiger partial charge in [0.1, 0.15) is 11.8 Å². The highest BCUT2D eigenvalue weighted by Gasteiger charge is 2.37. The second-order valence-electron chi connectivity index (χ2n) is 5.11. The molecule has 2 aromatic rings. The zero-order valence-corrected chi connectivity index (χ0v) is 11.7. The molecule has 0 saturated heterocycles. The van der Waals surface area contributed by atoms with Crippen molar-refractivity contribution in [3.63, 3.8) is 0 Å². The lowest BCUT2D eigenvalue weighted by molar-refractivity contribution is -0.525. The molecule has 0 fully saturated rings.